The number of amides is 1. The fourth-order valence-electron chi connectivity index (χ4n) is 2.33. The second kappa shape index (κ2) is 6.08. The molecule has 0 aliphatic heterocycles. The Hall–Kier alpha value is -3.68. The first-order valence-corrected chi connectivity index (χ1v) is 7.49. The van der Waals surface area contributed by atoms with E-state index in [1.54, 1.807) is 36.7 Å². The first-order valence-electron chi connectivity index (χ1n) is 7.49. The molecular weight excluding hydrogens is 322 g/mol. The summed E-state index contributed by atoms with van der Waals surface area (Å²) in [6, 6.07) is 8.52. The van der Waals surface area contributed by atoms with Gasteiger partial charge >= 0.3 is 0 Å². The number of furan rings is 1. The lowest BCUT2D eigenvalue weighted by Crippen LogP contribution is -2.12. The van der Waals surface area contributed by atoms with E-state index in [9.17, 15) is 4.79 Å². The normalized spacial score (nSPS) is 10.8. The van der Waals surface area contributed by atoms with Crippen LogP contribution in [0.3, 0.4) is 0 Å². The zero-order valence-electron chi connectivity index (χ0n) is 13.2. The van der Waals surface area contributed by atoms with Crippen molar-refractivity contribution in [2.24, 2.45) is 0 Å². The lowest BCUT2D eigenvalue weighted by atomic mass is 10.3. The Morgan fingerprint density at radius 2 is 2.12 bits per heavy atom. The highest BCUT2D eigenvalue weighted by atomic mass is 16.5. The standard InChI is InChI=1S/C17H13N5O3/c1-11-18-6-7-22(11)16-5-4-12(10-19-16)20-17(23)13-9-15(25-21-13)14-3-2-8-24-14/h2-10H,1H3,(H,20,23). The third kappa shape index (κ3) is 2.92. The molecule has 0 aromatic carbocycles. The van der Waals surface area contributed by atoms with Gasteiger partial charge < -0.3 is 14.3 Å². The Labute approximate surface area is 142 Å². The number of nitrogens with one attached hydrogen (secondary N) is 1. The zero-order valence-corrected chi connectivity index (χ0v) is 13.2. The molecule has 0 unspecified atom stereocenters. The van der Waals surface area contributed by atoms with Crippen molar-refractivity contribution >= 4 is 11.6 Å². The number of pyridine rings is 1. The SMILES string of the molecule is Cc1nccn1-c1ccc(NC(=O)c2cc(-c3ccco3)on2)cn1. The molecule has 0 fully saturated rings. The van der Waals surface area contributed by atoms with Gasteiger partial charge in [-0.25, -0.2) is 9.97 Å². The number of aryl methyl sites for hydroxylation is 1. The van der Waals surface area contributed by atoms with Gasteiger partial charge in [0, 0.05) is 18.5 Å². The minimum atomic E-state index is -0.394. The maximum atomic E-state index is 12.3. The molecule has 1 N–H and O–H groups in total. The second-order valence-electron chi connectivity index (χ2n) is 5.26. The molecule has 4 aromatic rings. The molecule has 0 saturated heterocycles. The summed E-state index contributed by atoms with van der Waals surface area (Å²) in [5.41, 5.74) is 0.704. The van der Waals surface area contributed by atoms with Crippen LogP contribution in [0, 0.1) is 6.92 Å². The average molecular weight is 335 g/mol. The molecule has 0 saturated carbocycles. The Kier molecular flexibility index (Phi) is 3.62. The van der Waals surface area contributed by atoms with Gasteiger partial charge in [0.2, 0.25) is 5.76 Å². The lowest BCUT2D eigenvalue weighted by Gasteiger charge is -2.06. The van der Waals surface area contributed by atoms with Crippen molar-refractivity contribution in [1.82, 2.24) is 19.7 Å². The van der Waals surface area contributed by atoms with Crippen LogP contribution in [0.1, 0.15) is 16.3 Å². The summed E-state index contributed by atoms with van der Waals surface area (Å²) in [5, 5.41) is 6.48. The van der Waals surface area contributed by atoms with Crippen molar-refractivity contribution in [2.45, 2.75) is 6.92 Å². The minimum absolute atomic E-state index is 0.154. The number of carbonyl (C=O) groups excluding carboxylic acids is 1. The van der Waals surface area contributed by atoms with Crippen LogP contribution in [0.5, 0.6) is 0 Å². The largest absolute Gasteiger partial charge is 0.461 e. The van der Waals surface area contributed by atoms with Crippen LogP contribution >= 0.6 is 0 Å². The van der Waals surface area contributed by atoms with Crippen molar-refractivity contribution in [3.05, 3.63) is 66.7 Å². The molecule has 25 heavy (non-hydrogen) atoms. The number of imidazole rings is 1. The predicted octanol–water partition coefficient (Wildman–Crippen LogP) is 3.08. The van der Waals surface area contributed by atoms with Crippen molar-refractivity contribution in [2.75, 3.05) is 5.32 Å². The van der Waals surface area contributed by atoms with Crippen LogP contribution < -0.4 is 5.32 Å². The van der Waals surface area contributed by atoms with E-state index in [-0.39, 0.29) is 5.69 Å². The van der Waals surface area contributed by atoms with Gasteiger partial charge in [-0.05, 0) is 31.2 Å². The summed E-state index contributed by atoms with van der Waals surface area (Å²) in [7, 11) is 0. The summed E-state index contributed by atoms with van der Waals surface area (Å²) in [4.78, 5) is 20.7. The van der Waals surface area contributed by atoms with Gasteiger partial charge in [-0.2, -0.15) is 0 Å². The zero-order chi connectivity index (χ0) is 17.2. The Balaban J connectivity index is 1.49. The van der Waals surface area contributed by atoms with Crippen LogP contribution in [0.25, 0.3) is 17.3 Å². The monoisotopic (exact) mass is 335 g/mol. The molecule has 124 valence electrons. The van der Waals surface area contributed by atoms with Gasteiger partial charge in [-0.1, -0.05) is 5.16 Å². The van der Waals surface area contributed by atoms with Crippen LogP contribution in [0.4, 0.5) is 5.69 Å². The summed E-state index contributed by atoms with van der Waals surface area (Å²) in [6.07, 6.45) is 6.61. The maximum Gasteiger partial charge on any atom is 0.277 e. The van der Waals surface area contributed by atoms with Gasteiger partial charge in [0.1, 0.15) is 11.6 Å². The number of carbonyl (C=O) groups is 1. The maximum absolute atomic E-state index is 12.3. The molecule has 0 radical (unpaired) electrons. The Morgan fingerprint density at radius 1 is 1.20 bits per heavy atom. The van der Waals surface area contributed by atoms with Gasteiger partial charge in [-0.3, -0.25) is 9.36 Å². The van der Waals surface area contributed by atoms with Crippen LogP contribution in [0.2, 0.25) is 0 Å². The van der Waals surface area contributed by atoms with E-state index < -0.39 is 5.91 Å². The van der Waals surface area contributed by atoms with Crippen LogP contribution in [-0.2, 0) is 0 Å². The number of anilines is 1. The van der Waals surface area contributed by atoms with Gasteiger partial charge in [0.15, 0.2) is 11.5 Å². The smallest absolute Gasteiger partial charge is 0.277 e. The molecule has 8 heteroatoms. The summed E-state index contributed by atoms with van der Waals surface area (Å²) < 4.78 is 12.2. The molecule has 0 bridgehead atoms. The van der Waals surface area contributed by atoms with Crippen molar-refractivity contribution < 1.29 is 13.7 Å². The van der Waals surface area contributed by atoms with E-state index in [2.05, 4.69) is 20.4 Å². The van der Waals surface area contributed by atoms with Gasteiger partial charge in [-0.15, -0.1) is 0 Å². The molecule has 8 nitrogen and oxygen atoms in total. The number of hydrogen-bond acceptors (Lipinski definition) is 6. The predicted molar refractivity (Wildman–Crippen MR) is 88.3 cm³/mol. The second-order valence-corrected chi connectivity index (χ2v) is 5.26. The highest BCUT2D eigenvalue weighted by Crippen LogP contribution is 2.21. The quantitative estimate of drug-likeness (QED) is 0.615. The number of hydrogen-bond donors (Lipinski definition) is 1. The molecule has 0 aliphatic carbocycles. The topological polar surface area (TPSA) is 99.0 Å². The minimum Gasteiger partial charge on any atom is -0.461 e. The molecule has 4 aromatic heterocycles. The molecule has 0 spiro atoms. The fourth-order valence-corrected chi connectivity index (χ4v) is 2.33. The van der Waals surface area contributed by atoms with Crippen molar-refractivity contribution in [3.8, 4) is 17.3 Å². The number of rotatable bonds is 4. The molecule has 4 rings (SSSR count). The number of aromatic nitrogens is 4. The summed E-state index contributed by atoms with van der Waals surface area (Å²) >= 11 is 0. The Bertz CT molecular complexity index is 999. The first kappa shape index (κ1) is 14.9. The van der Waals surface area contributed by atoms with Crippen molar-refractivity contribution in [3.63, 3.8) is 0 Å². The average Bonchev–Trinajstić information content (AvgIpc) is 3.36. The molecule has 0 atom stereocenters. The van der Waals surface area contributed by atoms with Crippen LogP contribution in [0.15, 0.2) is 64.1 Å². The van der Waals surface area contributed by atoms with E-state index in [1.807, 2.05) is 17.7 Å². The fraction of sp³-hybridized carbons (Fsp3) is 0.0588. The van der Waals surface area contributed by atoms with Gasteiger partial charge in [0.25, 0.3) is 5.91 Å². The molecule has 4 heterocycles. The summed E-state index contributed by atoms with van der Waals surface area (Å²) in [6.45, 7) is 1.89. The van der Waals surface area contributed by atoms with E-state index in [1.165, 1.54) is 12.3 Å². The Morgan fingerprint density at radius 3 is 2.80 bits per heavy atom. The van der Waals surface area contributed by atoms with Gasteiger partial charge in [0.05, 0.1) is 18.1 Å². The first-order chi connectivity index (χ1) is 12.2. The third-order valence-corrected chi connectivity index (χ3v) is 3.59. The molecule has 1 amide bonds. The van der Waals surface area contributed by atoms with Crippen molar-refractivity contribution in [1.29, 1.82) is 0 Å². The molecular formula is C17H13N5O3. The highest BCUT2D eigenvalue weighted by molar-refractivity contribution is 6.03. The summed E-state index contributed by atoms with van der Waals surface area (Å²) in [5.74, 6) is 2.05. The molecule has 0 aliphatic rings. The van der Waals surface area contributed by atoms with E-state index >= 15 is 0 Å². The van der Waals surface area contributed by atoms with Crippen LogP contribution in [-0.4, -0.2) is 25.6 Å². The lowest BCUT2D eigenvalue weighted by molar-refractivity contribution is 0.101. The van der Waals surface area contributed by atoms with E-state index in [0.717, 1.165) is 11.6 Å². The van der Waals surface area contributed by atoms with E-state index in [0.29, 0.717) is 17.2 Å². The van der Waals surface area contributed by atoms with E-state index in [4.69, 9.17) is 8.94 Å². The number of nitrogens with zero attached hydrogens (tertiary/aromatic N) is 4. The third-order valence-electron chi connectivity index (χ3n) is 3.59. The highest BCUT2D eigenvalue weighted by Gasteiger charge is 2.15.